The van der Waals surface area contributed by atoms with Crippen LogP contribution in [-0.4, -0.2) is 34.8 Å². The highest BCUT2D eigenvalue weighted by molar-refractivity contribution is 5.68. The van der Waals surface area contributed by atoms with E-state index in [1.165, 1.54) is 0 Å². The van der Waals surface area contributed by atoms with Gasteiger partial charge in [-0.2, -0.15) is 0 Å². The molecule has 20 heavy (non-hydrogen) atoms. The van der Waals surface area contributed by atoms with Gasteiger partial charge in [0.15, 0.2) is 0 Å². The first-order valence-electron chi connectivity index (χ1n) is 7.32. The summed E-state index contributed by atoms with van der Waals surface area (Å²) in [6.45, 7) is 2.80. The Bertz CT molecular complexity index is 419. The summed E-state index contributed by atoms with van der Waals surface area (Å²) < 4.78 is 5.38. The second kappa shape index (κ2) is 7.29. The number of rotatable bonds is 4. The molecular weight excluding hydrogens is 254 g/mol. The molecule has 4 heteroatoms. The number of aliphatic hydroxyl groups is 1. The summed E-state index contributed by atoms with van der Waals surface area (Å²) in [5.74, 6) is 0. The van der Waals surface area contributed by atoms with E-state index in [0.29, 0.717) is 13.0 Å². The molecule has 0 radical (unpaired) electrons. The van der Waals surface area contributed by atoms with Crippen molar-refractivity contribution >= 4 is 6.09 Å². The lowest BCUT2D eigenvalue weighted by molar-refractivity contribution is 0.0515. The minimum Gasteiger partial charge on any atom is -0.445 e. The Kier molecular flexibility index (Phi) is 5.41. The lowest BCUT2D eigenvalue weighted by Crippen LogP contribution is -2.45. The van der Waals surface area contributed by atoms with E-state index in [1.807, 2.05) is 30.3 Å². The maximum absolute atomic E-state index is 12.2. The van der Waals surface area contributed by atoms with Gasteiger partial charge in [-0.1, -0.05) is 30.3 Å². The number of aliphatic hydroxyl groups excluding tert-OH is 1. The van der Waals surface area contributed by atoms with Gasteiger partial charge in [-0.15, -0.1) is 0 Å². The summed E-state index contributed by atoms with van der Waals surface area (Å²) in [5, 5.41) is 9.53. The average Bonchev–Trinajstić information content (AvgIpc) is 2.46. The molecular formula is C16H23NO3. The van der Waals surface area contributed by atoms with Crippen LogP contribution >= 0.6 is 0 Å². The van der Waals surface area contributed by atoms with Crippen molar-refractivity contribution < 1.29 is 14.6 Å². The third kappa shape index (κ3) is 4.23. The van der Waals surface area contributed by atoms with E-state index in [4.69, 9.17) is 4.74 Å². The van der Waals surface area contributed by atoms with Crippen LogP contribution in [0.3, 0.4) is 0 Å². The van der Waals surface area contributed by atoms with Crippen LogP contribution in [-0.2, 0) is 11.3 Å². The van der Waals surface area contributed by atoms with Crippen molar-refractivity contribution in [3.8, 4) is 0 Å². The number of nitrogens with zero attached hydrogens (tertiary/aromatic N) is 1. The number of ether oxygens (including phenoxy) is 1. The van der Waals surface area contributed by atoms with Gasteiger partial charge in [0, 0.05) is 12.6 Å². The molecule has 1 heterocycles. The highest BCUT2D eigenvalue weighted by Crippen LogP contribution is 2.22. The zero-order valence-corrected chi connectivity index (χ0v) is 12.0. The fraction of sp³-hybridized carbons (Fsp3) is 0.562. The summed E-state index contributed by atoms with van der Waals surface area (Å²) in [7, 11) is 0. The van der Waals surface area contributed by atoms with Gasteiger partial charge in [0.2, 0.25) is 0 Å². The second-order valence-corrected chi connectivity index (χ2v) is 5.47. The number of benzene rings is 1. The number of piperidine rings is 1. The first-order chi connectivity index (χ1) is 9.66. The zero-order chi connectivity index (χ0) is 14.4. The Morgan fingerprint density at radius 1 is 1.40 bits per heavy atom. The van der Waals surface area contributed by atoms with E-state index >= 15 is 0 Å². The monoisotopic (exact) mass is 277 g/mol. The molecule has 1 N–H and O–H groups in total. The van der Waals surface area contributed by atoms with Gasteiger partial charge in [-0.25, -0.2) is 4.79 Å². The van der Waals surface area contributed by atoms with E-state index in [2.05, 4.69) is 0 Å². The third-order valence-electron chi connectivity index (χ3n) is 3.68. The Hall–Kier alpha value is -1.55. The molecule has 1 aromatic carbocycles. The lowest BCUT2D eigenvalue weighted by atomic mass is 9.98. The molecule has 2 rings (SSSR count). The van der Waals surface area contributed by atoms with Crippen LogP contribution < -0.4 is 0 Å². The van der Waals surface area contributed by atoms with Crippen molar-refractivity contribution in [2.45, 2.75) is 51.4 Å². The van der Waals surface area contributed by atoms with Crippen LogP contribution in [0.25, 0.3) is 0 Å². The Morgan fingerprint density at radius 3 is 2.85 bits per heavy atom. The normalized spacial score (nSPS) is 20.5. The maximum atomic E-state index is 12.2. The van der Waals surface area contributed by atoms with Crippen LogP contribution in [0.15, 0.2) is 30.3 Å². The summed E-state index contributed by atoms with van der Waals surface area (Å²) >= 11 is 0. The van der Waals surface area contributed by atoms with Gasteiger partial charge in [0.05, 0.1) is 6.10 Å². The van der Waals surface area contributed by atoms with E-state index in [9.17, 15) is 9.90 Å². The molecule has 0 unspecified atom stereocenters. The van der Waals surface area contributed by atoms with Crippen molar-refractivity contribution in [2.24, 2.45) is 0 Å². The van der Waals surface area contributed by atoms with Gasteiger partial charge < -0.3 is 14.7 Å². The molecule has 1 fully saturated rings. The molecule has 0 aromatic heterocycles. The standard InChI is InChI=1S/C16H23NO3/c1-13(18)11-15-9-5-6-10-17(15)16(19)20-12-14-7-3-2-4-8-14/h2-4,7-8,13,15,18H,5-6,9-12H2,1H3/t13-,15+/m0/s1. The molecule has 4 nitrogen and oxygen atoms in total. The van der Waals surface area contributed by atoms with Gasteiger partial charge in [0.1, 0.15) is 6.61 Å². The van der Waals surface area contributed by atoms with Crippen LogP contribution in [0.4, 0.5) is 4.79 Å². The molecule has 1 aliphatic rings. The number of hydrogen-bond donors (Lipinski definition) is 1. The molecule has 2 atom stereocenters. The predicted octanol–water partition coefficient (Wildman–Crippen LogP) is 2.95. The third-order valence-corrected chi connectivity index (χ3v) is 3.68. The van der Waals surface area contributed by atoms with Crippen LogP contribution in [0.5, 0.6) is 0 Å². The van der Waals surface area contributed by atoms with E-state index in [1.54, 1.807) is 11.8 Å². The lowest BCUT2D eigenvalue weighted by Gasteiger charge is -2.35. The number of carbonyl (C=O) groups is 1. The fourth-order valence-electron chi connectivity index (χ4n) is 2.68. The van der Waals surface area contributed by atoms with E-state index < -0.39 is 0 Å². The van der Waals surface area contributed by atoms with Crippen molar-refractivity contribution in [2.75, 3.05) is 6.54 Å². The second-order valence-electron chi connectivity index (χ2n) is 5.47. The first kappa shape index (κ1) is 14.9. The van der Waals surface area contributed by atoms with Gasteiger partial charge >= 0.3 is 6.09 Å². The molecule has 1 aliphatic heterocycles. The Morgan fingerprint density at radius 2 is 2.15 bits per heavy atom. The molecule has 1 aromatic rings. The van der Waals surface area contributed by atoms with E-state index in [-0.39, 0.29) is 18.2 Å². The van der Waals surface area contributed by atoms with Gasteiger partial charge in [-0.05, 0) is 38.2 Å². The van der Waals surface area contributed by atoms with Crippen LogP contribution in [0.1, 0.15) is 38.2 Å². The Labute approximate surface area is 120 Å². The van der Waals surface area contributed by atoms with Gasteiger partial charge in [0.25, 0.3) is 0 Å². The molecule has 0 aliphatic carbocycles. The minimum absolute atomic E-state index is 0.104. The predicted molar refractivity (Wildman–Crippen MR) is 77.3 cm³/mol. The highest BCUT2D eigenvalue weighted by atomic mass is 16.6. The largest absolute Gasteiger partial charge is 0.445 e. The topological polar surface area (TPSA) is 49.8 Å². The Balaban J connectivity index is 1.89. The van der Waals surface area contributed by atoms with Crippen molar-refractivity contribution in [1.29, 1.82) is 0 Å². The fourth-order valence-corrected chi connectivity index (χ4v) is 2.68. The number of hydrogen-bond acceptors (Lipinski definition) is 3. The summed E-state index contributed by atoms with van der Waals surface area (Å²) in [5.41, 5.74) is 0.991. The molecule has 1 saturated heterocycles. The number of amides is 1. The summed E-state index contributed by atoms with van der Waals surface area (Å²) in [4.78, 5) is 14.0. The van der Waals surface area contributed by atoms with Gasteiger partial charge in [-0.3, -0.25) is 0 Å². The summed E-state index contributed by atoms with van der Waals surface area (Å²) in [6.07, 6.45) is 3.05. The molecule has 0 saturated carbocycles. The summed E-state index contributed by atoms with van der Waals surface area (Å²) in [6, 6.07) is 9.79. The first-order valence-corrected chi connectivity index (χ1v) is 7.32. The van der Waals surface area contributed by atoms with E-state index in [0.717, 1.165) is 31.4 Å². The van der Waals surface area contributed by atoms with Crippen molar-refractivity contribution in [3.05, 3.63) is 35.9 Å². The average molecular weight is 277 g/mol. The SMILES string of the molecule is C[C@H](O)C[C@H]1CCCCN1C(=O)OCc1ccccc1. The van der Waals surface area contributed by atoms with Crippen molar-refractivity contribution in [3.63, 3.8) is 0 Å². The smallest absolute Gasteiger partial charge is 0.410 e. The molecule has 0 bridgehead atoms. The van der Waals surface area contributed by atoms with Crippen LogP contribution in [0, 0.1) is 0 Å². The van der Waals surface area contributed by atoms with Crippen molar-refractivity contribution in [1.82, 2.24) is 4.90 Å². The quantitative estimate of drug-likeness (QED) is 0.920. The molecule has 0 spiro atoms. The minimum atomic E-state index is -0.387. The zero-order valence-electron chi connectivity index (χ0n) is 12.0. The molecule has 110 valence electrons. The molecule has 1 amide bonds. The number of carbonyl (C=O) groups excluding carboxylic acids is 1. The van der Waals surface area contributed by atoms with Crippen LogP contribution in [0.2, 0.25) is 0 Å². The maximum Gasteiger partial charge on any atom is 0.410 e. The highest BCUT2D eigenvalue weighted by Gasteiger charge is 2.28. The number of likely N-dealkylation sites (tertiary alicyclic amines) is 1.